The summed E-state index contributed by atoms with van der Waals surface area (Å²) in [6, 6.07) is 0. The van der Waals surface area contributed by atoms with Crippen molar-refractivity contribution in [3.05, 3.63) is 11.1 Å². The molecule has 0 nitrogen and oxygen atoms in total. The number of rotatable bonds is 3. The van der Waals surface area contributed by atoms with Crippen molar-refractivity contribution in [1.82, 2.24) is 0 Å². The molecule has 0 aromatic rings. The summed E-state index contributed by atoms with van der Waals surface area (Å²) in [4.78, 5) is 2.29. The van der Waals surface area contributed by atoms with Crippen LogP contribution in [0.4, 0.5) is 0 Å². The fourth-order valence-electron chi connectivity index (χ4n) is 0.232. The molecule has 0 saturated carbocycles. The summed E-state index contributed by atoms with van der Waals surface area (Å²) in [5.41, 5.74) is 0. The van der Waals surface area contributed by atoms with Gasteiger partial charge in [0.15, 0.2) is 0 Å². The van der Waals surface area contributed by atoms with Crippen molar-refractivity contribution >= 4 is 29.9 Å². The van der Waals surface area contributed by atoms with Crippen LogP contribution in [0.1, 0.15) is 0 Å². The van der Waals surface area contributed by atoms with Gasteiger partial charge in [-0.1, -0.05) is 0 Å². The Morgan fingerprint density at radius 2 is 2.14 bits per heavy atom. The molecule has 0 radical (unpaired) electrons. The van der Waals surface area contributed by atoms with Crippen LogP contribution in [-0.4, -0.2) is 29.9 Å². The van der Waals surface area contributed by atoms with Gasteiger partial charge < -0.3 is 0 Å². The molecule has 0 rings (SSSR count). The number of allylic oxidation sites excluding steroid dienone is 1. The molecule has 0 heterocycles. The second-order valence-corrected chi connectivity index (χ2v) is 4.53. The average molecular weight is 228 g/mol. The molecular weight excluding hydrogens is 218 g/mol. The second kappa shape index (κ2) is 6.78. The van der Waals surface area contributed by atoms with Crippen molar-refractivity contribution < 1.29 is 0 Å². The molecule has 0 N–H and O–H groups in total. The van der Waals surface area contributed by atoms with Gasteiger partial charge >= 0.3 is 57.9 Å². The molecule has 0 aliphatic carbocycles. The van der Waals surface area contributed by atoms with E-state index in [4.69, 9.17) is 0 Å². The van der Waals surface area contributed by atoms with Crippen molar-refractivity contribution in [1.29, 1.82) is 0 Å². The molecule has 2 heteroatoms. The number of hydrogen-bond acceptors (Lipinski definition) is 0. The average Bonchev–Trinajstić information content (AvgIpc) is 1.69. The van der Waals surface area contributed by atoms with Crippen molar-refractivity contribution in [2.45, 2.75) is 17.0 Å². The Bertz CT molecular complexity index is 50.0. The van der Waals surface area contributed by atoms with Crippen LogP contribution in [0, 0.1) is 0 Å². The summed E-state index contributed by atoms with van der Waals surface area (Å²) in [5, 5.41) is 1.32. The third-order valence-electron chi connectivity index (χ3n) is 0.495. The van der Waals surface area contributed by atoms with E-state index in [0.717, 1.165) is 29.9 Å². The van der Waals surface area contributed by atoms with E-state index in [-0.39, 0.29) is 0 Å². The molecule has 0 amide bonds. The molecule has 0 aliphatic heterocycles. The molecule has 0 aromatic heterocycles. The molecule has 42 valence electrons. The fourth-order valence-corrected chi connectivity index (χ4v) is 2.06. The zero-order chi connectivity index (χ0) is 5.54. The van der Waals surface area contributed by atoms with Crippen molar-refractivity contribution in [2.24, 2.45) is 0 Å². The summed E-state index contributed by atoms with van der Waals surface area (Å²) >= 11 is 1.60. The molecule has 0 fully saturated rings. The third-order valence-corrected chi connectivity index (χ3v) is 2.57. The maximum atomic E-state index is 2.29. The molecule has 0 bridgehead atoms. The van der Waals surface area contributed by atoms with Crippen LogP contribution in [0.2, 0.25) is 17.0 Å². The van der Waals surface area contributed by atoms with E-state index < -0.39 is 0 Å². The van der Waals surface area contributed by atoms with E-state index in [2.05, 4.69) is 22.7 Å². The zero-order valence-electron chi connectivity index (χ0n) is 4.68. The molecule has 0 aliphatic rings. The summed E-state index contributed by atoms with van der Waals surface area (Å²) in [6.07, 6.45) is 2.29. The molecular formula is C5H10Se2. The van der Waals surface area contributed by atoms with E-state index in [1.807, 2.05) is 0 Å². The molecule has 0 saturated heterocycles. The van der Waals surface area contributed by atoms with Gasteiger partial charge in [-0.25, -0.2) is 0 Å². The Labute approximate surface area is 58.1 Å². The SMILES string of the molecule is C[Se]/C=C\C[Se]C. The normalized spacial score (nSPS) is 10.6. The van der Waals surface area contributed by atoms with E-state index >= 15 is 0 Å². The Kier molecular flexibility index (Phi) is 7.53. The standard InChI is InChI=1S/C5H10Se2/c1-6-4-3-5-7-2/h3-4H,5H2,1-2H3/b4-3-. The summed E-state index contributed by atoms with van der Waals surface area (Å²) < 4.78 is 0. The molecule has 0 atom stereocenters. The van der Waals surface area contributed by atoms with Crippen LogP contribution < -0.4 is 0 Å². The summed E-state index contributed by atoms with van der Waals surface area (Å²) in [7, 11) is 0. The van der Waals surface area contributed by atoms with Crippen LogP contribution in [0.15, 0.2) is 11.1 Å². The van der Waals surface area contributed by atoms with Crippen molar-refractivity contribution in [3.63, 3.8) is 0 Å². The minimum absolute atomic E-state index is 0.755. The van der Waals surface area contributed by atoms with Crippen molar-refractivity contribution in [3.8, 4) is 0 Å². The maximum absolute atomic E-state index is 2.29. The first-order valence-electron chi connectivity index (χ1n) is 2.08. The molecule has 0 spiro atoms. The molecule has 7 heavy (non-hydrogen) atoms. The Morgan fingerprint density at radius 1 is 1.43 bits per heavy atom. The second-order valence-electron chi connectivity index (χ2n) is 1.06. The van der Waals surface area contributed by atoms with Gasteiger partial charge in [-0.05, 0) is 0 Å². The van der Waals surface area contributed by atoms with E-state index in [0.29, 0.717) is 0 Å². The van der Waals surface area contributed by atoms with E-state index in [9.17, 15) is 0 Å². The van der Waals surface area contributed by atoms with Gasteiger partial charge in [-0.3, -0.25) is 0 Å². The minimum atomic E-state index is 0.755. The van der Waals surface area contributed by atoms with E-state index in [1.165, 1.54) is 5.32 Å². The van der Waals surface area contributed by atoms with Gasteiger partial charge in [-0.15, -0.1) is 0 Å². The molecule has 0 unspecified atom stereocenters. The van der Waals surface area contributed by atoms with Crippen LogP contribution in [0.25, 0.3) is 0 Å². The number of hydrogen-bond donors (Lipinski definition) is 0. The molecule has 0 aromatic carbocycles. The van der Waals surface area contributed by atoms with Gasteiger partial charge in [0.1, 0.15) is 0 Å². The van der Waals surface area contributed by atoms with Gasteiger partial charge in [-0.2, -0.15) is 0 Å². The predicted molar refractivity (Wildman–Crippen MR) is 37.2 cm³/mol. The van der Waals surface area contributed by atoms with Gasteiger partial charge in [0.2, 0.25) is 0 Å². The Morgan fingerprint density at radius 3 is 2.57 bits per heavy atom. The van der Waals surface area contributed by atoms with Crippen LogP contribution in [0.5, 0.6) is 0 Å². The van der Waals surface area contributed by atoms with Crippen LogP contribution in [-0.2, 0) is 0 Å². The van der Waals surface area contributed by atoms with Crippen LogP contribution in [0.3, 0.4) is 0 Å². The quantitative estimate of drug-likeness (QED) is 0.641. The van der Waals surface area contributed by atoms with Gasteiger partial charge in [0, 0.05) is 0 Å². The van der Waals surface area contributed by atoms with E-state index in [1.54, 1.807) is 0 Å². The monoisotopic (exact) mass is 230 g/mol. The predicted octanol–water partition coefficient (Wildman–Crippen LogP) is 1.42. The summed E-state index contributed by atoms with van der Waals surface area (Å²) in [5.74, 6) is 4.49. The first kappa shape index (κ1) is 7.78. The van der Waals surface area contributed by atoms with Gasteiger partial charge in [0.25, 0.3) is 0 Å². The van der Waals surface area contributed by atoms with Gasteiger partial charge in [0.05, 0.1) is 0 Å². The fraction of sp³-hybridized carbons (Fsp3) is 0.600. The third kappa shape index (κ3) is 6.78. The zero-order valence-corrected chi connectivity index (χ0v) is 8.10. The van der Waals surface area contributed by atoms with Crippen LogP contribution >= 0.6 is 0 Å². The Hall–Kier alpha value is 0.779. The summed E-state index contributed by atoms with van der Waals surface area (Å²) in [6.45, 7) is 0. The topological polar surface area (TPSA) is 0 Å². The first-order chi connectivity index (χ1) is 3.41. The van der Waals surface area contributed by atoms with Crippen molar-refractivity contribution in [2.75, 3.05) is 0 Å². The first-order valence-corrected chi connectivity index (χ1v) is 7.71. The Balaban J connectivity index is 2.78.